The molecule has 0 aliphatic heterocycles. The number of hydrogen-bond acceptors (Lipinski definition) is 4. The molecule has 2 N–H and O–H groups in total. The van der Waals surface area contributed by atoms with Gasteiger partial charge in [-0.1, -0.05) is 50.5 Å². The van der Waals surface area contributed by atoms with Gasteiger partial charge in [0.1, 0.15) is 17.5 Å². The molecule has 3 rings (SSSR count). The third-order valence-corrected chi connectivity index (χ3v) is 5.67. The van der Waals surface area contributed by atoms with E-state index in [1.807, 2.05) is 37.3 Å². The maximum atomic E-state index is 12.9. The average Bonchev–Trinajstić information content (AvgIpc) is 3.18. The molecule has 29 heavy (non-hydrogen) atoms. The minimum absolute atomic E-state index is 0.113. The van der Waals surface area contributed by atoms with Crippen LogP contribution in [0, 0.1) is 5.92 Å². The summed E-state index contributed by atoms with van der Waals surface area (Å²) >= 11 is 0. The second-order valence-corrected chi connectivity index (χ2v) is 7.82. The van der Waals surface area contributed by atoms with E-state index >= 15 is 0 Å². The fourth-order valence-corrected chi connectivity index (χ4v) is 4.00. The number of fused-ring (bicyclic) bond motifs is 1. The third-order valence-electron chi connectivity index (χ3n) is 5.67. The molecule has 0 bridgehead atoms. The predicted octanol–water partition coefficient (Wildman–Crippen LogP) is 3.40. The zero-order valence-electron chi connectivity index (χ0n) is 17.1. The van der Waals surface area contributed by atoms with Crippen molar-refractivity contribution in [1.82, 2.24) is 15.6 Å². The number of carbonyl (C=O) groups excluding carboxylic acids is 3. The molecule has 1 fully saturated rings. The monoisotopic (exact) mass is 395 g/mol. The van der Waals surface area contributed by atoms with Gasteiger partial charge in [-0.2, -0.15) is 0 Å². The van der Waals surface area contributed by atoms with E-state index < -0.39 is 6.04 Å². The van der Waals surface area contributed by atoms with Crippen LogP contribution in [0.15, 0.2) is 36.4 Å². The van der Waals surface area contributed by atoms with Crippen LogP contribution in [-0.4, -0.2) is 34.7 Å². The van der Waals surface area contributed by atoms with E-state index in [2.05, 4.69) is 15.6 Å². The van der Waals surface area contributed by atoms with Gasteiger partial charge < -0.3 is 10.6 Å². The van der Waals surface area contributed by atoms with Crippen LogP contribution in [0.2, 0.25) is 0 Å². The number of hydrogen-bond donors (Lipinski definition) is 2. The van der Waals surface area contributed by atoms with Crippen molar-refractivity contribution in [1.29, 1.82) is 0 Å². The Labute approximate surface area is 171 Å². The summed E-state index contributed by atoms with van der Waals surface area (Å²) in [6, 6.07) is 10.4. The fourth-order valence-electron chi connectivity index (χ4n) is 4.00. The highest BCUT2D eigenvalue weighted by molar-refractivity contribution is 5.98. The fraction of sp³-hybridized carbons (Fsp3) is 0.478. The van der Waals surface area contributed by atoms with Crippen LogP contribution < -0.4 is 10.6 Å². The molecular formula is C23H29N3O3. The molecule has 6 nitrogen and oxygen atoms in total. The number of nitrogens with one attached hydrogen (secondary N) is 2. The Morgan fingerprint density at radius 2 is 1.93 bits per heavy atom. The summed E-state index contributed by atoms with van der Waals surface area (Å²) in [5, 5.41) is 6.82. The number of nitrogens with zero attached hydrogens (tertiary/aromatic N) is 1. The van der Waals surface area contributed by atoms with E-state index in [1.54, 1.807) is 13.0 Å². The zero-order valence-corrected chi connectivity index (χ0v) is 17.1. The smallest absolute Gasteiger partial charge is 0.270 e. The van der Waals surface area contributed by atoms with E-state index in [0.717, 1.165) is 43.0 Å². The highest BCUT2D eigenvalue weighted by Gasteiger charge is 2.33. The minimum Gasteiger partial charge on any atom is -0.351 e. The quantitative estimate of drug-likeness (QED) is 0.717. The Balaban J connectivity index is 1.70. The molecule has 0 spiro atoms. The van der Waals surface area contributed by atoms with Gasteiger partial charge in [0.05, 0.1) is 5.52 Å². The average molecular weight is 396 g/mol. The number of benzene rings is 1. The molecule has 1 aliphatic carbocycles. The summed E-state index contributed by atoms with van der Waals surface area (Å²) in [5.74, 6) is -0.585. The van der Waals surface area contributed by atoms with Gasteiger partial charge >= 0.3 is 0 Å². The van der Waals surface area contributed by atoms with E-state index in [9.17, 15) is 14.4 Å². The summed E-state index contributed by atoms with van der Waals surface area (Å²) < 4.78 is 0. The molecule has 1 heterocycles. The molecule has 0 unspecified atom stereocenters. The lowest BCUT2D eigenvalue weighted by molar-refractivity contribution is -0.125. The van der Waals surface area contributed by atoms with Crippen molar-refractivity contribution in [3.05, 3.63) is 42.1 Å². The second kappa shape index (κ2) is 9.63. The summed E-state index contributed by atoms with van der Waals surface area (Å²) in [7, 11) is 0. The molecule has 1 aliphatic rings. The highest BCUT2D eigenvalue weighted by atomic mass is 16.2. The first-order valence-corrected chi connectivity index (χ1v) is 10.5. The van der Waals surface area contributed by atoms with Crippen molar-refractivity contribution in [3.8, 4) is 0 Å². The third kappa shape index (κ3) is 5.19. The van der Waals surface area contributed by atoms with Crippen LogP contribution in [-0.2, 0) is 9.59 Å². The van der Waals surface area contributed by atoms with Crippen LogP contribution in [0.5, 0.6) is 0 Å². The number of pyridine rings is 1. The van der Waals surface area contributed by atoms with Crippen LogP contribution in [0.25, 0.3) is 10.9 Å². The van der Waals surface area contributed by atoms with Gasteiger partial charge in [-0.25, -0.2) is 4.98 Å². The first kappa shape index (κ1) is 21.0. The SMILES string of the molecule is CCCC[C@H](NC(=O)c1ccc2ccccc2n1)C(=O)N[C@H]1CCC[C@H]1C(C)=O. The van der Waals surface area contributed by atoms with Crippen molar-refractivity contribution < 1.29 is 14.4 Å². The van der Waals surface area contributed by atoms with Crippen molar-refractivity contribution in [2.45, 2.75) is 64.5 Å². The van der Waals surface area contributed by atoms with Gasteiger partial charge in [-0.15, -0.1) is 0 Å². The van der Waals surface area contributed by atoms with Gasteiger partial charge in [-0.05, 0) is 38.3 Å². The zero-order chi connectivity index (χ0) is 20.8. The molecule has 154 valence electrons. The van der Waals surface area contributed by atoms with Gasteiger partial charge in [0.2, 0.25) is 5.91 Å². The molecule has 2 aromatic rings. The molecule has 1 saturated carbocycles. The number of ketones is 1. The molecule has 3 atom stereocenters. The number of Topliss-reactive ketones (excluding diaryl/α,β-unsaturated/α-hetero) is 1. The van der Waals surface area contributed by atoms with Gasteiger partial charge in [0.15, 0.2) is 0 Å². The lowest BCUT2D eigenvalue weighted by Gasteiger charge is -2.23. The van der Waals surface area contributed by atoms with Crippen LogP contribution in [0.4, 0.5) is 0 Å². The highest BCUT2D eigenvalue weighted by Crippen LogP contribution is 2.26. The first-order chi connectivity index (χ1) is 14.0. The molecular weight excluding hydrogens is 366 g/mol. The van der Waals surface area contributed by atoms with E-state index in [1.165, 1.54) is 0 Å². The summed E-state index contributed by atoms with van der Waals surface area (Å²) in [5.41, 5.74) is 1.03. The Morgan fingerprint density at radius 3 is 2.69 bits per heavy atom. The second-order valence-electron chi connectivity index (χ2n) is 7.82. The number of rotatable bonds is 8. The lowest BCUT2D eigenvalue weighted by atomic mass is 9.98. The topological polar surface area (TPSA) is 88.2 Å². The van der Waals surface area contributed by atoms with Crippen LogP contribution in [0.3, 0.4) is 0 Å². The molecule has 6 heteroatoms. The maximum Gasteiger partial charge on any atom is 0.270 e. The number of para-hydroxylation sites is 1. The molecule has 0 radical (unpaired) electrons. The van der Waals surface area contributed by atoms with Gasteiger partial charge in [0.25, 0.3) is 5.91 Å². The van der Waals surface area contributed by atoms with Crippen molar-refractivity contribution >= 4 is 28.5 Å². The summed E-state index contributed by atoms with van der Waals surface area (Å²) in [6.07, 6.45) is 4.85. The lowest BCUT2D eigenvalue weighted by Crippen LogP contribution is -2.51. The Bertz CT molecular complexity index is 896. The Morgan fingerprint density at radius 1 is 1.14 bits per heavy atom. The maximum absolute atomic E-state index is 12.9. The van der Waals surface area contributed by atoms with Gasteiger partial charge in [-0.3, -0.25) is 14.4 Å². The summed E-state index contributed by atoms with van der Waals surface area (Å²) in [6.45, 7) is 3.63. The number of carbonyl (C=O) groups is 3. The molecule has 0 saturated heterocycles. The van der Waals surface area contributed by atoms with E-state index in [4.69, 9.17) is 0 Å². The number of amides is 2. The van der Waals surface area contributed by atoms with Gasteiger partial charge in [0, 0.05) is 17.3 Å². The molecule has 1 aromatic heterocycles. The van der Waals surface area contributed by atoms with Crippen molar-refractivity contribution in [2.75, 3.05) is 0 Å². The van der Waals surface area contributed by atoms with Crippen molar-refractivity contribution in [2.24, 2.45) is 5.92 Å². The van der Waals surface area contributed by atoms with Crippen LogP contribution in [0.1, 0.15) is 62.9 Å². The Hall–Kier alpha value is -2.76. The predicted molar refractivity (Wildman–Crippen MR) is 112 cm³/mol. The normalized spacial score (nSPS) is 19.7. The van der Waals surface area contributed by atoms with E-state index in [-0.39, 0.29) is 29.6 Å². The summed E-state index contributed by atoms with van der Waals surface area (Å²) in [4.78, 5) is 41.9. The Kier molecular flexibility index (Phi) is 6.96. The van der Waals surface area contributed by atoms with Crippen molar-refractivity contribution in [3.63, 3.8) is 0 Å². The van der Waals surface area contributed by atoms with Crippen LogP contribution >= 0.6 is 0 Å². The standard InChI is InChI=1S/C23H29N3O3/c1-3-4-10-20(22(28)25-19-12-7-9-17(19)15(2)27)26-23(29)21-14-13-16-8-5-6-11-18(16)24-21/h5-6,8,11,13-14,17,19-20H,3-4,7,9-10,12H2,1-2H3,(H,25,28)(H,26,29)/t17-,19-,20-/m0/s1. The minimum atomic E-state index is -0.635. The molecule has 1 aromatic carbocycles. The number of unbranched alkanes of at least 4 members (excludes halogenated alkanes) is 1. The van der Waals surface area contributed by atoms with E-state index in [0.29, 0.717) is 12.1 Å². The number of aromatic nitrogens is 1. The molecule has 2 amide bonds. The first-order valence-electron chi connectivity index (χ1n) is 10.5. The largest absolute Gasteiger partial charge is 0.351 e.